The summed E-state index contributed by atoms with van der Waals surface area (Å²) >= 11 is 1.37. The summed E-state index contributed by atoms with van der Waals surface area (Å²) in [6, 6.07) is 15.8. The Bertz CT molecular complexity index is 1180. The molecule has 0 fully saturated rings. The number of rotatable bonds is 8. The van der Waals surface area contributed by atoms with Crippen LogP contribution in [0.4, 0.5) is 0 Å². The number of aromatic nitrogens is 4. The van der Waals surface area contributed by atoms with E-state index in [2.05, 4.69) is 21.2 Å². The average Bonchev–Trinajstić information content (AvgIpc) is 3.41. The molecule has 0 amide bonds. The van der Waals surface area contributed by atoms with E-state index in [0.29, 0.717) is 24.0 Å². The highest BCUT2D eigenvalue weighted by Crippen LogP contribution is 2.34. The molecular weight excluding hydrogens is 412 g/mol. The number of hydrogen-bond acceptors (Lipinski definition) is 6. The van der Waals surface area contributed by atoms with E-state index in [-0.39, 0.29) is 11.2 Å². The Morgan fingerprint density at radius 3 is 2.61 bits per heavy atom. The van der Waals surface area contributed by atoms with Crippen LogP contribution in [0.1, 0.15) is 20.3 Å². The van der Waals surface area contributed by atoms with Crippen LogP contribution in [-0.4, -0.2) is 44.7 Å². The molecule has 0 saturated carbocycles. The fourth-order valence-corrected chi connectivity index (χ4v) is 4.37. The first-order valence-corrected chi connectivity index (χ1v) is 11.0. The van der Waals surface area contributed by atoms with Gasteiger partial charge in [-0.2, -0.15) is 0 Å². The van der Waals surface area contributed by atoms with Gasteiger partial charge in [0, 0.05) is 28.4 Å². The van der Waals surface area contributed by atoms with Crippen LogP contribution < -0.4 is 4.74 Å². The fourth-order valence-electron chi connectivity index (χ4n) is 3.40. The van der Waals surface area contributed by atoms with Gasteiger partial charge in [0.05, 0.1) is 13.7 Å². The van der Waals surface area contributed by atoms with Crippen molar-refractivity contribution in [2.24, 2.45) is 0 Å². The van der Waals surface area contributed by atoms with Crippen LogP contribution in [0, 0.1) is 0 Å². The van der Waals surface area contributed by atoms with Crippen LogP contribution in [0.15, 0.2) is 59.9 Å². The molecule has 0 radical (unpaired) electrons. The highest BCUT2D eigenvalue weighted by atomic mass is 32.2. The Morgan fingerprint density at radius 2 is 1.90 bits per heavy atom. The number of ether oxygens (including phenoxy) is 2. The number of fused-ring (bicyclic) bond motifs is 1. The van der Waals surface area contributed by atoms with Crippen molar-refractivity contribution in [1.29, 1.82) is 0 Å². The Balaban J connectivity index is 1.83. The molecule has 0 spiro atoms. The minimum Gasteiger partial charge on any atom is -0.497 e. The topological polar surface area (TPSA) is 82.0 Å². The van der Waals surface area contributed by atoms with E-state index in [9.17, 15) is 4.79 Å². The number of thioether (sulfide) groups is 1. The molecule has 1 atom stereocenters. The largest absolute Gasteiger partial charge is 0.497 e. The standard InChI is InChI=1S/C23H24N4O3S/c1-4-20(22(28)30-5-2)31-23-26-25-21(18-14-24-19-9-7-6-8-17(18)19)27(23)15-10-12-16(29-3)13-11-15/h6-14,20,24H,4-5H2,1-3H3/t20-/m0/s1. The highest BCUT2D eigenvalue weighted by Gasteiger charge is 2.25. The number of carbonyl (C=O) groups excluding carboxylic acids is 1. The summed E-state index contributed by atoms with van der Waals surface area (Å²) in [5, 5.41) is 10.3. The van der Waals surface area contributed by atoms with E-state index in [0.717, 1.165) is 27.9 Å². The van der Waals surface area contributed by atoms with Gasteiger partial charge in [-0.3, -0.25) is 9.36 Å². The molecule has 160 valence electrons. The maximum atomic E-state index is 12.4. The van der Waals surface area contributed by atoms with Crippen molar-refractivity contribution in [3.8, 4) is 22.8 Å². The predicted octanol–water partition coefficient (Wildman–Crippen LogP) is 4.86. The maximum absolute atomic E-state index is 12.4. The van der Waals surface area contributed by atoms with Crippen LogP contribution in [-0.2, 0) is 9.53 Å². The second kappa shape index (κ2) is 9.26. The minimum atomic E-state index is -0.364. The zero-order valence-electron chi connectivity index (χ0n) is 17.7. The van der Waals surface area contributed by atoms with Crippen molar-refractivity contribution in [3.63, 3.8) is 0 Å². The summed E-state index contributed by atoms with van der Waals surface area (Å²) in [4.78, 5) is 15.7. The summed E-state index contributed by atoms with van der Waals surface area (Å²) in [5.41, 5.74) is 2.84. The molecule has 8 heteroatoms. The molecular formula is C23H24N4O3S. The lowest BCUT2D eigenvalue weighted by molar-refractivity contribution is -0.142. The number of para-hydroxylation sites is 1. The quantitative estimate of drug-likeness (QED) is 0.314. The van der Waals surface area contributed by atoms with Crippen molar-refractivity contribution in [2.45, 2.75) is 30.7 Å². The van der Waals surface area contributed by atoms with E-state index in [4.69, 9.17) is 9.47 Å². The third-order valence-electron chi connectivity index (χ3n) is 4.96. The molecule has 0 aliphatic rings. The third-order valence-corrected chi connectivity index (χ3v) is 6.25. The summed E-state index contributed by atoms with van der Waals surface area (Å²) in [6.45, 7) is 4.12. The smallest absolute Gasteiger partial charge is 0.319 e. The molecule has 0 aliphatic heterocycles. The summed E-state index contributed by atoms with van der Waals surface area (Å²) < 4.78 is 12.5. The van der Waals surface area contributed by atoms with Crippen LogP contribution in [0.2, 0.25) is 0 Å². The van der Waals surface area contributed by atoms with E-state index >= 15 is 0 Å². The first-order chi connectivity index (χ1) is 15.2. The van der Waals surface area contributed by atoms with Gasteiger partial charge in [0.2, 0.25) is 0 Å². The minimum absolute atomic E-state index is 0.243. The van der Waals surface area contributed by atoms with E-state index in [1.165, 1.54) is 11.8 Å². The summed E-state index contributed by atoms with van der Waals surface area (Å²) in [7, 11) is 1.64. The van der Waals surface area contributed by atoms with Gasteiger partial charge in [-0.25, -0.2) is 0 Å². The van der Waals surface area contributed by atoms with Crippen LogP contribution in [0.25, 0.3) is 28.0 Å². The Hall–Kier alpha value is -3.26. The average molecular weight is 437 g/mol. The van der Waals surface area contributed by atoms with Gasteiger partial charge in [0.1, 0.15) is 11.0 Å². The van der Waals surface area contributed by atoms with Crippen molar-refractivity contribution in [3.05, 3.63) is 54.7 Å². The first kappa shape index (κ1) is 21.0. The molecule has 0 saturated heterocycles. The SMILES string of the molecule is CCOC(=O)[C@H](CC)Sc1nnc(-c2c[nH]c3ccccc23)n1-c1ccc(OC)cc1. The summed E-state index contributed by atoms with van der Waals surface area (Å²) in [5.74, 6) is 1.22. The summed E-state index contributed by atoms with van der Waals surface area (Å²) in [6.07, 6.45) is 2.56. The molecule has 1 N–H and O–H groups in total. The van der Waals surface area contributed by atoms with Crippen LogP contribution in [0.3, 0.4) is 0 Å². The van der Waals surface area contributed by atoms with Gasteiger partial charge in [-0.15, -0.1) is 10.2 Å². The Labute approximate surface area is 184 Å². The lowest BCUT2D eigenvalue weighted by Crippen LogP contribution is -2.20. The van der Waals surface area contributed by atoms with E-state index in [1.807, 2.05) is 67.1 Å². The zero-order chi connectivity index (χ0) is 21.8. The number of esters is 1. The third kappa shape index (κ3) is 4.16. The van der Waals surface area contributed by atoms with Crippen LogP contribution in [0.5, 0.6) is 5.75 Å². The lowest BCUT2D eigenvalue weighted by Gasteiger charge is -2.15. The van der Waals surface area contributed by atoms with Crippen molar-refractivity contribution in [1.82, 2.24) is 19.7 Å². The Morgan fingerprint density at radius 1 is 1.13 bits per heavy atom. The van der Waals surface area contributed by atoms with Gasteiger partial charge >= 0.3 is 5.97 Å². The molecule has 4 rings (SSSR count). The molecule has 2 aromatic heterocycles. The molecule has 4 aromatic rings. The number of hydrogen-bond donors (Lipinski definition) is 1. The normalized spacial score (nSPS) is 12.1. The molecule has 0 unspecified atom stereocenters. The van der Waals surface area contributed by atoms with Gasteiger partial charge in [-0.05, 0) is 43.7 Å². The number of benzene rings is 2. The van der Waals surface area contributed by atoms with Gasteiger partial charge in [0.15, 0.2) is 11.0 Å². The fraction of sp³-hybridized carbons (Fsp3) is 0.261. The maximum Gasteiger partial charge on any atom is 0.319 e. The number of nitrogens with zero attached hydrogens (tertiary/aromatic N) is 3. The molecule has 7 nitrogen and oxygen atoms in total. The van der Waals surface area contributed by atoms with Gasteiger partial charge < -0.3 is 14.5 Å². The number of methoxy groups -OCH3 is 1. The number of H-pyrrole nitrogens is 1. The monoisotopic (exact) mass is 436 g/mol. The van der Waals surface area contributed by atoms with Crippen molar-refractivity contribution in [2.75, 3.05) is 13.7 Å². The van der Waals surface area contributed by atoms with Gasteiger partial charge in [0.25, 0.3) is 0 Å². The molecule has 2 heterocycles. The number of aromatic amines is 1. The first-order valence-electron chi connectivity index (χ1n) is 10.2. The number of carbonyl (C=O) groups is 1. The second-order valence-electron chi connectivity index (χ2n) is 6.85. The van der Waals surface area contributed by atoms with Crippen molar-refractivity contribution >= 4 is 28.6 Å². The highest BCUT2D eigenvalue weighted by molar-refractivity contribution is 8.00. The predicted molar refractivity (Wildman–Crippen MR) is 122 cm³/mol. The zero-order valence-corrected chi connectivity index (χ0v) is 18.5. The second-order valence-corrected chi connectivity index (χ2v) is 8.02. The Kier molecular flexibility index (Phi) is 6.27. The number of nitrogens with one attached hydrogen (secondary N) is 1. The van der Waals surface area contributed by atoms with Gasteiger partial charge in [-0.1, -0.05) is 36.9 Å². The van der Waals surface area contributed by atoms with E-state index in [1.54, 1.807) is 7.11 Å². The van der Waals surface area contributed by atoms with Crippen molar-refractivity contribution < 1.29 is 14.3 Å². The molecule has 0 aliphatic carbocycles. The molecule has 0 bridgehead atoms. The molecule has 2 aromatic carbocycles. The molecule has 31 heavy (non-hydrogen) atoms. The van der Waals surface area contributed by atoms with Crippen LogP contribution >= 0.6 is 11.8 Å². The van der Waals surface area contributed by atoms with E-state index < -0.39 is 0 Å². The lowest BCUT2D eigenvalue weighted by atomic mass is 10.1.